The highest BCUT2D eigenvalue weighted by atomic mass is 79.9. The summed E-state index contributed by atoms with van der Waals surface area (Å²) in [5, 5.41) is 11.8. The van der Waals surface area contributed by atoms with Crippen molar-refractivity contribution in [2.75, 3.05) is 6.54 Å². The first-order valence-electron chi connectivity index (χ1n) is 5.77. The van der Waals surface area contributed by atoms with Gasteiger partial charge in [0.1, 0.15) is 0 Å². The van der Waals surface area contributed by atoms with Crippen LogP contribution in [0.15, 0.2) is 22.7 Å². The van der Waals surface area contributed by atoms with Gasteiger partial charge in [0.2, 0.25) is 0 Å². The zero-order chi connectivity index (χ0) is 12.7. The third-order valence-corrected chi connectivity index (χ3v) is 3.11. The van der Waals surface area contributed by atoms with Gasteiger partial charge in [0.05, 0.1) is 0 Å². The number of hydrogen-bond acceptors (Lipinski definition) is 2. The van der Waals surface area contributed by atoms with E-state index in [2.05, 4.69) is 40.3 Å². The first-order chi connectivity index (χ1) is 8.09. The molecule has 17 heavy (non-hydrogen) atoms. The highest BCUT2D eigenvalue weighted by Crippen LogP contribution is 2.15. The van der Waals surface area contributed by atoms with Crippen LogP contribution in [0.25, 0.3) is 0 Å². The molecule has 0 aliphatic rings. The quantitative estimate of drug-likeness (QED) is 0.761. The van der Waals surface area contributed by atoms with Gasteiger partial charge in [0, 0.05) is 17.4 Å². The van der Waals surface area contributed by atoms with Crippen molar-refractivity contribution in [1.82, 2.24) is 5.32 Å². The molecule has 0 heterocycles. The van der Waals surface area contributed by atoms with Crippen LogP contribution < -0.4 is 5.32 Å². The Bertz CT molecular complexity index is 380. The van der Waals surface area contributed by atoms with E-state index >= 15 is 0 Å². The molecule has 1 aromatic carbocycles. The number of halogens is 1. The number of aliphatic carboxylic acids is 1. The highest BCUT2D eigenvalue weighted by Gasteiger charge is 1.99. The van der Waals surface area contributed by atoms with Crippen molar-refractivity contribution >= 4 is 21.9 Å². The molecule has 4 heteroatoms. The van der Waals surface area contributed by atoms with E-state index in [9.17, 15) is 4.79 Å². The van der Waals surface area contributed by atoms with Crippen LogP contribution in [-0.4, -0.2) is 17.6 Å². The average Bonchev–Trinajstić information content (AvgIpc) is 2.27. The van der Waals surface area contributed by atoms with E-state index in [0.29, 0.717) is 0 Å². The van der Waals surface area contributed by atoms with Gasteiger partial charge in [-0.05, 0) is 49.6 Å². The molecule has 0 atom stereocenters. The van der Waals surface area contributed by atoms with Crippen molar-refractivity contribution in [3.8, 4) is 0 Å². The van der Waals surface area contributed by atoms with Crippen LogP contribution in [0.3, 0.4) is 0 Å². The minimum Gasteiger partial charge on any atom is -0.481 e. The summed E-state index contributed by atoms with van der Waals surface area (Å²) in [7, 11) is 0. The van der Waals surface area contributed by atoms with Gasteiger partial charge in [-0.2, -0.15) is 0 Å². The van der Waals surface area contributed by atoms with Crippen molar-refractivity contribution in [1.29, 1.82) is 0 Å². The molecule has 0 aliphatic heterocycles. The number of benzene rings is 1. The normalized spacial score (nSPS) is 10.5. The van der Waals surface area contributed by atoms with Gasteiger partial charge >= 0.3 is 5.97 Å². The molecule has 0 spiro atoms. The number of carboxylic acids is 1. The summed E-state index contributed by atoms with van der Waals surface area (Å²) in [6.45, 7) is 3.78. The maximum absolute atomic E-state index is 10.3. The van der Waals surface area contributed by atoms with E-state index in [1.807, 2.05) is 6.07 Å². The Labute approximate surface area is 110 Å². The molecule has 0 aliphatic carbocycles. The smallest absolute Gasteiger partial charge is 0.303 e. The number of nitrogens with one attached hydrogen (secondary N) is 1. The fourth-order valence-electron chi connectivity index (χ4n) is 1.58. The molecule has 0 bridgehead atoms. The number of carbonyl (C=O) groups is 1. The fourth-order valence-corrected chi connectivity index (χ4v) is 1.99. The van der Waals surface area contributed by atoms with Gasteiger partial charge in [-0.1, -0.05) is 22.0 Å². The summed E-state index contributed by atoms with van der Waals surface area (Å²) >= 11 is 3.45. The fraction of sp³-hybridized carbons (Fsp3) is 0.462. The number of rotatable bonds is 7. The molecule has 0 unspecified atom stereocenters. The van der Waals surface area contributed by atoms with E-state index in [1.54, 1.807) is 0 Å². The third kappa shape index (κ3) is 5.84. The van der Waals surface area contributed by atoms with Crippen LogP contribution in [0.1, 0.15) is 30.4 Å². The van der Waals surface area contributed by atoms with Crippen LogP contribution in [0.5, 0.6) is 0 Å². The third-order valence-electron chi connectivity index (χ3n) is 2.62. The van der Waals surface area contributed by atoms with Crippen molar-refractivity contribution in [2.45, 2.75) is 32.7 Å². The highest BCUT2D eigenvalue weighted by molar-refractivity contribution is 9.10. The molecule has 94 valence electrons. The molecule has 3 nitrogen and oxygen atoms in total. The lowest BCUT2D eigenvalue weighted by Gasteiger charge is -2.08. The second-order valence-electron chi connectivity index (χ2n) is 4.10. The van der Waals surface area contributed by atoms with Gasteiger partial charge in [0.25, 0.3) is 0 Å². The van der Waals surface area contributed by atoms with Gasteiger partial charge in [-0.3, -0.25) is 4.79 Å². The molecule has 1 aromatic rings. The first kappa shape index (κ1) is 14.2. The van der Waals surface area contributed by atoms with Gasteiger partial charge in [-0.15, -0.1) is 0 Å². The Kier molecular flexibility index (Phi) is 6.22. The lowest BCUT2D eigenvalue weighted by Crippen LogP contribution is -2.15. The molecule has 2 N–H and O–H groups in total. The maximum Gasteiger partial charge on any atom is 0.303 e. The second-order valence-corrected chi connectivity index (χ2v) is 5.01. The summed E-state index contributed by atoms with van der Waals surface area (Å²) < 4.78 is 1.09. The molecular weight excluding hydrogens is 282 g/mol. The average molecular weight is 300 g/mol. The van der Waals surface area contributed by atoms with E-state index in [-0.39, 0.29) is 6.42 Å². The molecule has 0 aromatic heterocycles. The summed E-state index contributed by atoms with van der Waals surface area (Å²) in [5.74, 6) is -0.715. The van der Waals surface area contributed by atoms with E-state index < -0.39 is 5.97 Å². The van der Waals surface area contributed by atoms with Crippen LogP contribution in [0.4, 0.5) is 0 Å². The molecule has 0 saturated heterocycles. The van der Waals surface area contributed by atoms with Gasteiger partial charge in [0.15, 0.2) is 0 Å². The van der Waals surface area contributed by atoms with Crippen LogP contribution in [-0.2, 0) is 11.3 Å². The largest absolute Gasteiger partial charge is 0.481 e. The predicted molar refractivity (Wildman–Crippen MR) is 72.1 cm³/mol. The van der Waals surface area contributed by atoms with Crippen LogP contribution in [0.2, 0.25) is 0 Å². The standard InChI is InChI=1S/C13H18BrNO2/c1-10-5-6-12(14)8-11(10)9-15-7-3-2-4-13(16)17/h5-6,8,15H,2-4,7,9H2,1H3,(H,16,17). The Morgan fingerprint density at radius 3 is 2.88 bits per heavy atom. The minimum absolute atomic E-state index is 0.262. The second kappa shape index (κ2) is 7.45. The summed E-state index contributed by atoms with van der Waals surface area (Å²) in [5.41, 5.74) is 2.55. The van der Waals surface area contributed by atoms with Crippen molar-refractivity contribution in [3.63, 3.8) is 0 Å². The van der Waals surface area contributed by atoms with Crippen LogP contribution >= 0.6 is 15.9 Å². The summed E-state index contributed by atoms with van der Waals surface area (Å²) in [6, 6.07) is 6.23. The summed E-state index contributed by atoms with van der Waals surface area (Å²) in [6.07, 6.45) is 1.90. The number of aryl methyl sites for hydroxylation is 1. The molecule has 0 amide bonds. The van der Waals surface area contributed by atoms with Crippen LogP contribution in [0, 0.1) is 6.92 Å². The lowest BCUT2D eigenvalue weighted by molar-refractivity contribution is -0.137. The molecule has 0 saturated carbocycles. The molecule has 0 fully saturated rings. The lowest BCUT2D eigenvalue weighted by atomic mass is 10.1. The van der Waals surface area contributed by atoms with Gasteiger partial charge in [-0.25, -0.2) is 0 Å². The number of carboxylic acid groups (broad SMARTS) is 1. The number of hydrogen-bond donors (Lipinski definition) is 2. The van der Waals surface area contributed by atoms with E-state index in [4.69, 9.17) is 5.11 Å². The molecule has 1 rings (SSSR count). The summed E-state index contributed by atoms with van der Waals surface area (Å²) in [4.78, 5) is 10.3. The SMILES string of the molecule is Cc1ccc(Br)cc1CNCCCCC(=O)O. The topological polar surface area (TPSA) is 49.3 Å². The maximum atomic E-state index is 10.3. The van der Waals surface area contributed by atoms with Crippen molar-refractivity contribution in [2.24, 2.45) is 0 Å². The number of unbranched alkanes of at least 4 members (excludes halogenated alkanes) is 1. The minimum atomic E-state index is -0.715. The van der Waals surface area contributed by atoms with E-state index in [1.165, 1.54) is 11.1 Å². The molecular formula is C13H18BrNO2. The Hall–Kier alpha value is -0.870. The Morgan fingerprint density at radius 2 is 2.18 bits per heavy atom. The van der Waals surface area contributed by atoms with Gasteiger partial charge < -0.3 is 10.4 Å². The monoisotopic (exact) mass is 299 g/mol. The van der Waals surface area contributed by atoms with Crippen molar-refractivity contribution in [3.05, 3.63) is 33.8 Å². The molecule has 0 radical (unpaired) electrons. The van der Waals surface area contributed by atoms with E-state index in [0.717, 1.165) is 30.4 Å². The van der Waals surface area contributed by atoms with Crippen molar-refractivity contribution < 1.29 is 9.90 Å². The predicted octanol–water partition coefficient (Wildman–Crippen LogP) is 3.10. The Morgan fingerprint density at radius 1 is 1.41 bits per heavy atom. The zero-order valence-electron chi connectivity index (χ0n) is 10.0. The Balaban J connectivity index is 2.22. The zero-order valence-corrected chi connectivity index (χ0v) is 11.6. The first-order valence-corrected chi connectivity index (χ1v) is 6.56.